The molecule has 1 N–H and O–H groups in total. The van der Waals surface area contributed by atoms with Crippen molar-refractivity contribution >= 4 is 26.0 Å². The Labute approximate surface area is 171 Å². The quantitative estimate of drug-likeness (QED) is 0.191. The van der Waals surface area contributed by atoms with Crippen molar-refractivity contribution in [1.29, 1.82) is 0 Å². The Morgan fingerprint density at radius 3 is 2.22 bits per heavy atom. The molecule has 0 rings (SSSR count). The number of allylic oxidation sites excluding steroid dienone is 1. The van der Waals surface area contributed by atoms with Gasteiger partial charge in [0, 0.05) is 11.5 Å². The van der Waals surface area contributed by atoms with Gasteiger partial charge < -0.3 is 14.3 Å². The molecule has 0 radical (unpaired) electrons. The number of carboxylic acids is 1. The summed E-state index contributed by atoms with van der Waals surface area (Å²) in [4.78, 5) is 11.1. The summed E-state index contributed by atoms with van der Waals surface area (Å²) in [6.45, 7) is 19.2. The smallest absolute Gasteiger partial charge is 0.330 e. The molecule has 0 aromatic carbocycles. The number of hydrogen-bond acceptors (Lipinski definition) is 4. The fraction of sp³-hybridized carbons (Fsp3) is 0.762. The highest BCUT2D eigenvalue weighted by Crippen LogP contribution is 2.39. The molecule has 0 fully saturated rings. The molecule has 0 heterocycles. The summed E-state index contributed by atoms with van der Waals surface area (Å²) in [5.41, 5.74) is 1.55. The maximum Gasteiger partial charge on any atom is 0.330 e. The third-order valence-electron chi connectivity index (χ3n) is 5.59. The van der Waals surface area contributed by atoms with Gasteiger partial charge in [-0.1, -0.05) is 39.8 Å². The number of carboxylic acid groups (broad SMARTS) is 1. The van der Waals surface area contributed by atoms with Crippen molar-refractivity contribution in [2.45, 2.75) is 85.2 Å². The molecular formula is C21H40O4SSi. The van der Waals surface area contributed by atoms with E-state index in [9.17, 15) is 4.79 Å². The first-order valence-corrected chi connectivity index (χ1v) is 13.9. The fourth-order valence-corrected chi connectivity index (χ4v) is 4.14. The first kappa shape index (κ1) is 26.4. The third-order valence-corrected chi connectivity index (χ3v) is 10.4. The van der Waals surface area contributed by atoms with E-state index in [4.69, 9.17) is 14.3 Å². The topological polar surface area (TPSA) is 55.8 Å². The molecule has 0 saturated heterocycles. The first-order chi connectivity index (χ1) is 12.3. The van der Waals surface area contributed by atoms with Crippen LogP contribution in [0.15, 0.2) is 23.3 Å². The molecule has 0 aliphatic rings. The zero-order chi connectivity index (χ0) is 21.4. The van der Waals surface area contributed by atoms with Crippen LogP contribution in [0.3, 0.4) is 0 Å². The highest BCUT2D eigenvalue weighted by molar-refractivity contribution is 7.98. The Hall–Kier alpha value is -0.563. The van der Waals surface area contributed by atoms with Gasteiger partial charge in [0.25, 0.3) is 0 Å². The van der Waals surface area contributed by atoms with Gasteiger partial charge in [-0.2, -0.15) is 0 Å². The van der Waals surface area contributed by atoms with Crippen molar-refractivity contribution < 1.29 is 19.1 Å². The largest absolute Gasteiger partial charge is 0.478 e. The second-order valence-corrected chi connectivity index (χ2v) is 14.3. The van der Waals surface area contributed by atoms with Gasteiger partial charge in [0.15, 0.2) is 8.32 Å². The minimum absolute atomic E-state index is 0.0405. The minimum Gasteiger partial charge on any atom is -0.478 e. The van der Waals surface area contributed by atoms with Crippen LogP contribution in [0.4, 0.5) is 0 Å². The van der Waals surface area contributed by atoms with Crippen molar-refractivity contribution in [3.8, 4) is 0 Å². The summed E-state index contributed by atoms with van der Waals surface area (Å²) in [6, 6.07) is 0. The summed E-state index contributed by atoms with van der Waals surface area (Å²) in [7, 11) is -1.96. The maximum absolute atomic E-state index is 11.1. The summed E-state index contributed by atoms with van der Waals surface area (Å²) < 4.78 is 12.9. The van der Waals surface area contributed by atoms with Crippen LogP contribution in [-0.4, -0.2) is 43.8 Å². The molecule has 6 heteroatoms. The van der Waals surface area contributed by atoms with E-state index in [1.807, 2.05) is 13.2 Å². The molecule has 27 heavy (non-hydrogen) atoms. The number of rotatable bonds is 11. The number of thioether (sulfide) groups is 1. The summed E-state index contributed by atoms with van der Waals surface area (Å²) in [5.74, 6) is -0.193. The van der Waals surface area contributed by atoms with Crippen molar-refractivity contribution in [3.05, 3.63) is 23.3 Å². The zero-order valence-electron chi connectivity index (χ0n) is 18.9. The number of hydrogen-bond donors (Lipinski definition) is 1. The first-order valence-electron chi connectivity index (χ1n) is 9.59. The highest BCUT2D eigenvalue weighted by atomic mass is 32.2. The molecular weight excluding hydrogens is 376 g/mol. The number of aliphatic carboxylic acids is 1. The van der Waals surface area contributed by atoms with Crippen LogP contribution in [-0.2, 0) is 14.0 Å². The highest BCUT2D eigenvalue weighted by Gasteiger charge is 2.41. The van der Waals surface area contributed by atoms with E-state index >= 15 is 0 Å². The lowest BCUT2D eigenvalue weighted by Crippen LogP contribution is -2.47. The van der Waals surface area contributed by atoms with E-state index in [2.05, 4.69) is 53.8 Å². The van der Waals surface area contributed by atoms with Crippen LogP contribution in [0, 0.1) is 5.92 Å². The molecule has 0 bridgehead atoms. The summed E-state index contributed by atoms with van der Waals surface area (Å²) >= 11 is 1.63. The fourth-order valence-electron chi connectivity index (χ4n) is 2.44. The van der Waals surface area contributed by atoms with Crippen LogP contribution >= 0.6 is 11.8 Å². The number of carbonyl (C=O) groups is 1. The standard InChI is InChI=1S/C21H40O4SSi/c1-11-15(2)19(25-27(9,10)21(5,6)7)17(4)18(24-14-26-8)13-12-16(3)20(22)23/h11-12,17-19H,13-14H2,1-10H3,(H,22,23)/b15-11+,16-12+/t17-,18+,19-/m1/s1. The molecule has 0 aromatic heterocycles. The lowest BCUT2D eigenvalue weighted by atomic mass is 9.90. The molecule has 0 amide bonds. The monoisotopic (exact) mass is 416 g/mol. The molecule has 0 aliphatic heterocycles. The molecule has 0 saturated carbocycles. The normalized spacial score (nSPS) is 17.6. The predicted molar refractivity (Wildman–Crippen MR) is 120 cm³/mol. The Morgan fingerprint density at radius 1 is 1.26 bits per heavy atom. The van der Waals surface area contributed by atoms with E-state index in [0.29, 0.717) is 17.9 Å². The van der Waals surface area contributed by atoms with E-state index in [1.165, 1.54) is 5.57 Å². The van der Waals surface area contributed by atoms with Crippen molar-refractivity contribution in [2.75, 3.05) is 12.2 Å². The van der Waals surface area contributed by atoms with Crippen molar-refractivity contribution in [3.63, 3.8) is 0 Å². The predicted octanol–water partition coefficient (Wildman–Crippen LogP) is 6.11. The average Bonchev–Trinajstić information content (AvgIpc) is 2.57. The Morgan fingerprint density at radius 2 is 1.81 bits per heavy atom. The molecule has 4 nitrogen and oxygen atoms in total. The molecule has 0 aromatic rings. The van der Waals surface area contributed by atoms with Crippen LogP contribution in [0.5, 0.6) is 0 Å². The van der Waals surface area contributed by atoms with E-state index in [1.54, 1.807) is 24.8 Å². The van der Waals surface area contributed by atoms with Gasteiger partial charge in [0.1, 0.15) is 0 Å². The van der Waals surface area contributed by atoms with Gasteiger partial charge in [-0.25, -0.2) is 4.79 Å². The van der Waals surface area contributed by atoms with Gasteiger partial charge in [-0.05, 0) is 57.2 Å². The van der Waals surface area contributed by atoms with E-state index in [-0.39, 0.29) is 23.2 Å². The van der Waals surface area contributed by atoms with Gasteiger partial charge in [0.2, 0.25) is 0 Å². The van der Waals surface area contributed by atoms with Crippen molar-refractivity contribution in [1.82, 2.24) is 0 Å². The summed E-state index contributed by atoms with van der Waals surface area (Å²) in [5, 5.41) is 9.27. The Bertz CT molecular complexity index is 535. The lowest BCUT2D eigenvalue weighted by molar-refractivity contribution is -0.132. The van der Waals surface area contributed by atoms with Crippen molar-refractivity contribution in [2.24, 2.45) is 5.92 Å². The van der Waals surface area contributed by atoms with Gasteiger partial charge in [-0.3, -0.25) is 0 Å². The third kappa shape index (κ3) is 8.54. The second kappa shape index (κ2) is 11.4. The van der Waals surface area contributed by atoms with Gasteiger partial charge in [-0.15, -0.1) is 11.8 Å². The molecule has 158 valence electrons. The van der Waals surface area contributed by atoms with Crippen LogP contribution in [0.25, 0.3) is 0 Å². The maximum atomic E-state index is 11.1. The van der Waals surface area contributed by atoms with E-state index in [0.717, 1.165) is 0 Å². The molecule has 0 aliphatic carbocycles. The lowest BCUT2D eigenvalue weighted by Gasteiger charge is -2.42. The minimum atomic E-state index is -1.96. The molecule has 0 spiro atoms. The van der Waals surface area contributed by atoms with Crippen LogP contribution < -0.4 is 0 Å². The molecule has 0 unspecified atom stereocenters. The SMILES string of the molecule is C/C=C(\C)[C@@H](O[Si](C)(C)C(C)(C)C)[C@H](C)[C@H](C/C=C(\C)C(=O)O)OCSC. The Kier molecular flexibility index (Phi) is 11.2. The zero-order valence-corrected chi connectivity index (χ0v) is 20.7. The number of ether oxygens (including phenoxy) is 1. The second-order valence-electron chi connectivity index (χ2n) is 8.73. The summed E-state index contributed by atoms with van der Waals surface area (Å²) in [6.07, 6.45) is 6.30. The Balaban J connectivity index is 5.68. The van der Waals surface area contributed by atoms with Crippen LogP contribution in [0.1, 0.15) is 54.9 Å². The average molecular weight is 417 g/mol. The van der Waals surface area contributed by atoms with Gasteiger partial charge in [0.05, 0.1) is 18.1 Å². The van der Waals surface area contributed by atoms with E-state index < -0.39 is 14.3 Å². The van der Waals surface area contributed by atoms with Crippen LogP contribution in [0.2, 0.25) is 18.1 Å². The molecule has 3 atom stereocenters. The van der Waals surface area contributed by atoms with Gasteiger partial charge >= 0.3 is 5.97 Å².